The third kappa shape index (κ3) is 6.48. The van der Waals surface area contributed by atoms with Gasteiger partial charge in [-0.1, -0.05) is 18.6 Å². The molecule has 3 fully saturated rings. The summed E-state index contributed by atoms with van der Waals surface area (Å²) in [5, 5.41) is 0. The molecule has 3 heterocycles. The van der Waals surface area contributed by atoms with E-state index in [1.165, 1.54) is 70.3 Å². The van der Waals surface area contributed by atoms with Gasteiger partial charge in [0.25, 0.3) is 0 Å². The summed E-state index contributed by atoms with van der Waals surface area (Å²) < 4.78 is 19.2. The van der Waals surface area contributed by atoms with Gasteiger partial charge in [0.2, 0.25) is 0 Å². The molecule has 0 saturated carbocycles. The minimum Gasteiger partial charge on any atom is -0.381 e. The molecule has 0 radical (unpaired) electrons. The second kappa shape index (κ2) is 10.9. The van der Waals surface area contributed by atoms with Crippen molar-refractivity contribution in [1.82, 2.24) is 14.7 Å². The van der Waals surface area contributed by atoms with Crippen molar-refractivity contribution >= 4 is 0 Å². The molecule has 0 aromatic heterocycles. The molecule has 0 aliphatic carbocycles. The molecule has 4 nitrogen and oxygen atoms in total. The molecular formula is C24H38FN3O. The highest BCUT2D eigenvalue weighted by Crippen LogP contribution is 2.26. The van der Waals surface area contributed by atoms with Crippen molar-refractivity contribution in [3.05, 3.63) is 35.6 Å². The standard InChI is InChI=1S/C24H38FN3O/c25-23-8-5-21(6-9-23)17-27-14-15-28-18-22(7-10-24(28)19-27)20-29-16-4-13-26-11-2-1-3-12-26/h5-6,8-9,22,24H,1-4,7,10-20H2/t22-,24-/m0/s1. The highest BCUT2D eigenvalue weighted by atomic mass is 19.1. The predicted molar refractivity (Wildman–Crippen MR) is 115 cm³/mol. The van der Waals surface area contributed by atoms with E-state index in [1.54, 1.807) is 12.1 Å². The van der Waals surface area contributed by atoms with Gasteiger partial charge in [0, 0.05) is 51.9 Å². The summed E-state index contributed by atoms with van der Waals surface area (Å²) in [6.07, 6.45) is 7.91. The zero-order valence-electron chi connectivity index (χ0n) is 17.9. The van der Waals surface area contributed by atoms with Crippen molar-refractivity contribution in [3.8, 4) is 0 Å². The topological polar surface area (TPSA) is 19.0 Å². The lowest BCUT2D eigenvalue weighted by atomic mass is 9.91. The van der Waals surface area contributed by atoms with Crippen LogP contribution in [0.15, 0.2) is 24.3 Å². The Morgan fingerprint density at radius 2 is 1.72 bits per heavy atom. The minimum absolute atomic E-state index is 0.148. The molecular weight excluding hydrogens is 365 g/mol. The minimum atomic E-state index is -0.148. The molecule has 0 N–H and O–H groups in total. The Morgan fingerprint density at radius 3 is 2.55 bits per heavy atom. The number of benzene rings is 1. The van der Waals surface area contributed by atoms with E-state index in [4.69, 9.17) is 4.74 Å². The number of nitrogens with zero attached hydrogens (tertiary/aromatic N) is 3. The maximum atomic E-state index is 13.1. The molecule has 3 aliphatic heterocycles. The zero-order valence-corrected chi connectivity index (χ0v) is 17.9. The van der Waals surface area contributed by atoms with Gasteiger partial charge in [0.1, 0.15) is 5.82 Å². The van der Waals surface area contributed by atoms with Crippen molar-refractivity contribution in [2.75, 3.05) is 59.0 Å². The molecule has 0 amide bonds. The van der Waals surface area contributed by atoms with Crippen LogP contribution in [0.1, 0.15) is 44.1 Å². The van der Waals surface area contributed by atoms with Gasteiger partial charge in [0.05, 0.1) is 6.61 Å². The average molecular weight is 404 g/mol. The Labute approximate surface area is 176 Å². The van der Waals surface area contributed by atoms with Crippen molar-refractivity contribution in [1.29, 1.82) is 0 Å². The lowest BCUT2D eigenvalue weighted by Crippen LogP contribution is -2.56. The lowest BCUT2D eigenvalue weighted by Gasteiger charge is -2.46. The Hall–Kier alpha value is -1.01. The fraction of sp³-hybridized carbons (Fsp3) is 0.750. The maximum absolute atomic E-state index is 13.1. The van der Waals surface area contributed by atoms with E-state index in [-0.39, 0.29) is 5.82 Å². The van der Waals surface area contributed by atoms with Gasteiger partial charge in [0.15, 0.2) is 0 Å². The number of hydrogen-bond acceptors (Lipinski definition) is 4. The van der Waals surface area contributed by atoms with Crippen molar-refractivity contribution in [3.63, 3.8) is 0 Å². The SMILES string of the molecule is Fc1ccc(CN2CCN3C[C@@H](COCCCN4CCCCC4)CC[C@H]3C2)cc1. The lowest BCUT2D eigenvalue weighted by molar-refractivity contribution is -0.00316. The highest BCUT2D eigenvalue weighted by molar-refractivity contribution is 5.16. The van der Waals surface area contributed by atoms with E-state index in [1.807, 2.05) is 12.1 Å². The first-order chi connectivity index (χ1) is 14.3. The van der Waals surface area contributed by atoms with Crippen LogP contribution in [0.3, 0.4) is 0 Å². The third-order valence-corrected chi connectivity index (χ3v) is 6.97. The van der Waals surface area contributed by atoms with Crippen LogP contribution in [-0.2, 0) is 11.3 Å². The summed E-state index contributed by atoms with van der Waals surface area (Å²) in [6, 6.07) is 7.66. The van der Waals surface area contributed by atoms with E-state index >= 15 is 0 Å². The van der Waals surface area contributed by atoms with Crippen LogP contribution in [-0.4, -0.2) is 79.8 Å². The molecule has 0 unspecified atom stereocenters. The first-order valence-electron chi connectivity index (χ1n) is 11.8. The van der Waals surface area contributed by atoms with Crippen LogP contribution in [0.25, 0.3) is 0 Å². The van der Waals surface area contributed by atoms with Crippen LogP contribution < -0.4 is 0 Å². The molecule has 2 atom stereocenters. The molecule has 1 aromatic rings. The fourth-order valence-electron chi connectivity index (χ4n) is 5.27. The van der Waals surface area contributed by atoms with E-state index in [0.29, 0.717) is 12.0 Å². The molecule has 5 heteroatoms. The largest absolute Gasteiger partial charge is 0.381 e. The Bertz CT molecular complexity index is 605. The van der Waals surface area contributed by atoms with E-state index in [2.05, 4.69) is 14.7 Å². The molecule has 1 aromatic carbocycles. The molecule has 162 valence electrons. The average Bonchev–Trinajstić information content (AvgIpc) is 2.76. The molecule has 0 bridgehead atoms. The summed E-state index contributed by atoms with van der Waals surface area (Å²) in [4.78, 5) is 7.82. The zero-order chi connectivity index (χ0) is 19.9. The Morgan fingerprint density at radius 1 is 0.897 bits per heavy atom. The number of ether oxygens (including phenoxy) is 1. The van der Waals surface area contributed by atoms with Gasteiger partial charge < -0.3 is 9.64 Å². The maximum Gasteiger partial charge on any atom is 0.123 e. The summed E-state index contributed by atoms with van der Waals surface area (Å²) in [7, 11) is 0. The van der Waals surface area contributed by atoms with Crippen molar-refractivity contribution in [2.45, 2.75) is 51.1 Å². The summed E-state index contributed by atoms with van der Waals surface area (Å²) in [5.41, 5.74) is 1.21. The normalized spacial score (nSPS) is 27.1. The monoisotopic (exact) mass is 403 g/mol. The van der Waals surface area contributed by atoms with E-state index in [0.717, 1.165) is 39.4 Å². The predicted octanol–water partition coefficient (Wildman–Crippen LogP) is 3.61. The number of halogens is 1. The molecule has 4 rings (SSSR count). The highest BCUT2D eigenvalue weighted by Gasteiger charge is 2.32. The Balaban J connectivity index is 1.11. The van der Waals surface area contributed by atoms with Crippen LogP contribution in [0.5, 0.6) is 0 Å². The van der Waals surface area contributed by atoms with E-state index in [9.17, 15) is 4.39 Å². The smallest absolute Gasteiger partial charge is 0.123 e. The van der Waals surface area contributed by atoms with Crippen LogP contribution in [0.4, 0.5) is 4.39 Å². The quantitative estimate of drug-likeness (QED) is 0.617. The number of piperazine rings is 1. The number of piperidine rings is 2. The Kier molecular flexibility index (Phi) is 7.94. The van der Waals surface area contributed by atoms with Gasteiger partial charge >= 0.3 is 0 Å². The van der Waals surface area contributed by atoms with Gasteiger partial charge in [-0.15, -0.1) is 0 Å². The summed E-state index contributed by atoms with van der Waals surface area (Å²) >= 11 is 0. The molecule has 3 aliphatic rings. The van der Waals surface area contributed by atoms with Crippen molar-refractivity contribution < 1.29 is 9.13 Å². The summed E-state index contributed by atoms with van der Waals surface area (Å²) in [5.74, 6) is 0.551. The number of rotatable bonds is 8. The first-order valence-corrected chi connectivity index (χ1v) is 11.8. The second-order valence-corrected chi connectivity index (χ2v) is 9.28. The number of fused-ring (bicyclic) bond motifs is 1. The second-order valence-electron chi connectivity index (χ2n) is 9.28. The van der Waals surface area contributed by atoms with Crippen molar-refractivity contribution in [2.24, 2.45) is 5.92 Å². The van der Waals surface area contributed by atoms with Gasteiger partial charge in [-0.2, -0.15) is 0 Å². The van der Waals surface area contributed by atoms with Crippen LogP contribution in [0.2, 0.25) is 0 Å². The number of hydrogen-bond donors (Lipinski definition) is 0. The molecule has 0 spiro atoms. The van der Waals surface area contributed by atoms with Gasteiger partial charge in [-0.25, -0.2) is 4.39 Å². The third-order valence-electron chi connectivity index (χ3n) is 6.97. The van der Waals surface area contributed by atoms with Gasteiger partial charge in [-0.05, 0) is 68.8 Å². The first kappa shape index (κ1) is 21.2. The van der Waals surface area contributed by atoms with Gasteiger partial charge in [-0.3, -0.25) is 9.80 Å². The summed E-state index contributed by atoms with van der Waals surface area (Å²) in [6.45, 7) is 11.2. The fourth-order valence-corrected chi connectivity index (χ4v) is 5.27. The van der Waals surface area contributed by atoms with E-state index < -0.39 is 0 Å². The molecule has 3 saturated heterocycles. The number of likely N-dealkylation sites (tertiary alicyclic amines) is 1. The molecule has 29 heavy (non-hydrogen) atoms. The van der Waals surface area contributed by atoms with Crippen LogP contribution in [0, 0.1) is 11.7 Å². The van der Waals surface area contributed by atoms with Crippen LogP contribution >= 0.6 is 0 Å².